The van der Waals surface area contributed by atoms with Crippen molar-refractivity contribution < 1.29 is 14.3 Å². The molecule has 2 aliphatic carbocycles. The van der Waals surface area contributed by atoms with Gasteiger partial charge in [0.1, 0.15) is 0 Å². The largest absolute Gasteiger partial charge is 0.451 e. The van der Waals surface area contributed by atoms with Crippen LogP contribution in [0.1, 0.15) is 73.5 Å². The van der Waals surface area contributed by atoms with E-state index in [9.17, 15) is 9.59 Å². The van der Waals surface area contributed by atoms with E-state index in [0.29, 0.717) is 23.6 Å². The molecule has 0 unspecified atom stereocenters. The monoisotopic (exact) mass is 407 g/mol. The van der Waals surface area contributed by atoms with E-state index in [1.54, 1.807) is 4.68 Å². The number of amides is 1. The van der Waals surface area contributed by atoms with Gasteiger partial charge in [0.05, 0.1) is 11.4 Å². The van der Waals surface area contributed by atoms with E-state index in [1.807, 2.05) is 41.3 Å². The molecule has 3 fully saturated rings. The third-order valence-electron chi connectivity index (χ3n) is 6.82. The molecule has 2 aromatic rings. The Labute approximate surface area is 177 Å². The van der Waals surface area contributed by atoms with Gasteiger partial charge in [-0.25, -0.2) is 9.48 Å². The van der Waals surface area contributed by atoms with Crippen molar-refractivity contribution in [1.29, 1.82) is 0 Å². The Morgan fingerprint density at radius 1 is 1.00 bits per heavy atom. The fourth-order valence-corrected chi connectivity index (χ4v) is 5.11. The van der Waals surface area contributed by atoms with Crippen molar-refractivity contribution in [2.45, 2.75) is 63.3 Å². The quantitative estimate of drug-likeness (QED) is 0.701. The lowest BCUT2D eigenvalue weighted by atomic mass is 9.78. The van der Waals surface area contributed by atoms with Crippen LogP contribution < -0.4 is 0 Å². The molecule has 0 N–H and O–H groups in total. The molecule has 2 atom stereocenters. The summed E-state index contributed by atoms with van der Waals surface area (Å²) >= 11 is 0. The highest BCUT2D eigenvalue weighted by Crippen LogP contribution is 2.40. The molecular formula is C24H29N3O3. The van der Waals surface area contributed by atoms with Crippen LogP contribution in [0, 0.1) is 5.92 Å². The van der Waals surface area contributed by atoms with Crippen molar-refractivity contribution in [3.63, 3.8) is 0 Å². The number of piperidine rings is 1. The lowest BCUT2D eigenvalue weighted by Gasteiger charge is -2.44. The molecule has 30 heavy (non-hydrogen) atoms. The van der Waals surface area contributed by atoms with E-state index in [0.717, 1.165) is 43.6 Å². The van der Waals surface area contributed by atoms with Gasteiger partial charge in [0.15, 0.2) is 12.3 Å². The molecule has 3 aliphatic rings. The predicted octanol–water partition coefficient (Wildman–Crippen LogP) is 4.09. The van der Waals surface area contributed by atoms with Gasteiger partial charge in [0.2, 0.25) is 0 Å². The number of hydrogen-bond acceptors (Lipinski definition) is 4. The Kier molecular flexibility index (Phi) is 5.32. The van der Waals surface area contributed by atoms with Gasteiger partial charge in [-0.1, -0.05) is 31.0 Å². The van der Waals surface area contributed by atoms with E-state index in [2.05, 4.69) is 5.10 Å². The molecule has 1 aromatic carbocycles. The molecule has 6 heteroatoms. The first-order valence-corrected chi connectivity index (χ1v) is 11.3. The van der Waals surface area contributed by atoms with Crippen molar-refractivity contribution >= 4 is 11.9 Å². The molecule has 158 valence electrons. The maximum absolute atomic E-state index is 12.9. The highest BCUT2D eigenvalue weighted by Gasteiger charge is 2.36. The number of carbonyl (C=O) groups is 2. The number of aromatic nitrogens is 2. The van der Waals surface area contributed by atoms with Crippen LogP contribution in [0.25, 0.3) is 5.69 Å². The summed E-state index contributed by atoms with van der Waals surface area (Å²) in [5.74, 6) is 0.504. The number of benzene rings is 1. The van der Waals surface area contributed by atoms with Gasteiger partial charge in [0.25, 0.3) is 5.91 Å². The molecule has 6 nitrogen and oxygen atoms in total. The van der Waals surface area contributed by atoms with Gasteiger partial charge in [-0.2, -0.15) is 5.10 Å². The van der Waals surface area contributed by atoms with Gasteiger partial charge in [-0.15, -0.1) is 0 Å². The second-order valence-electron chi connectivity index (χ2n) is 8.89. The van der Waals surface area contributed by atoms with Crippen molar-refractivity contribution in [2.75, 3.05) is 13.2 Å². The zero-order valence-electron chi connectivity index (χ0n) is 17.3. The van der Waals surface area contributed by atoms with Crippen LogP contribution in [0.2, 0.25) is 0 Å². The third kappa shape index (κ3) is 3.87. The van der Waals surface area contributed by atoms with Crippen LogP contribution in [0.3, 0.4) is 0 Å². The number of hydrogen-bond donors (Lipinski definition) is 0. The number of ether oxygens (including phenoxy) is 1. The Morgan fingerprint density at radius 2 is 1.77 bits per heavy atom. The van der Waals surface area contributed by atoms with Crippen molar-refractivity contribution in [3.05, 3.63) is 47.8 Å². The fourth-order valence-electron chi connectivity index (χ4n) is 5.11. The van der Waals surface area contributed by atoms with Gasteiger partial charge in [-0.05, 0) is 62.6 Å². The first-order chi connectivity index (χ1) is 14.7. The summed E-state index contributed by atoms with van der Waals surface area (Å²) < 4.78 is 7.16. The summed E-state index contributed by atoms with van der Waals surface area (Å²) in [5, 5.41) is 4.65. The Hall–Kier alpha value is -2.63. The van der Waals surface area contributed by atoms with Crippen LogP contribution in [-0.4, -0.2) is 45.8 Å². The van der Waals surface area contributed by atoms with Gasteiger partial charge >= 0.3 is 5.97 Å². The van der Waals surface area contributed by atoms with Crippen molar-refractivity contribution in [3.8, 4) is 5.69 Å². The zero-order chi connectivity index (χ0) is 20.5. The maximum Gasteiger partial charge on any atom is 0.357 e. The van der Waals surface area contributed by atoms with Crippen LogP contribution in [0.15, 0.2) is 36.4 Å². The number of rotatable bonds is 5. The molecule has 0 radical (unpaired) electrons. The molecular weight excluding hydrogens is 378 g/mol. The van der Waals surface area contributed by atoms with Gasteiger partial charge in [-0.3, -0.25) is 4.79 Å². The summed E-state index contributed by atoms with van der Waals surface area (Å²) in [4.78, 5) is 27.8. The van der Waals surface area contributed by atoms with Gasteiger partial charge < -0.3 is 9.64 Å². The summed E-state index contributed by atoms with van der Waals surface area (Å²) in [6.07, 6.45) is 9.23. The van der Waals surface area contributed by atoms with E-state index in [1.165, 1.54) is 25.7 Å². The summed E-state index contributed by atoms with van der Waals surface area (Å²) in [7, 11) is 0. The van der Waals surface area contributed by atoms with E-state index in [-0.39, 0.29) is 12.5 Å². The topological polar surface area (TPSA) is 64.4 Å². The molecule has 5 rings (SSSR count). The first-order valence-electron chi connectivity index (χ1n) is 11.3. The number of para-hydroxylation sites is 1. The SMILES string of the molecule is O=C(OCC(=O)N1CCC[C@H]2CCCC[C@@H]21)c1cc(C2CC2)nn1-c1ccccc1. The smallest absolute Gasteiger partial charge is 0.357 e. The van der Waals surface area contributed by atoms with Crippen LogP contribution >= 0.6 is 0 Å². The number of carbonyl (C=O) groups excluding carboxylic acids is 2. The third-order valence-corrected chi connectivity index (χ3v) is 6.82. The maximum atomic E-state index is 12.9. The number of nitrogens with zero attached hydrogens (tertiary/aromatic N) is 3. The minimum atomic E-state index is -0.483. The Bertz CT molecular complexity index is 917. The predicted molar refractivity (Wildman–Crippen MR) is 113 cm³/mol. The van der Waals surface area contributed by atoms with Crippen LogP contribution in [-0.2, 0) is 9.53 Å². The summed E-state index contributed by atoms with van der Waals surface area (Å²) in [6.45, 7) is 0.589. The normalized spacial score (nSPS) is 23.7. The standard InChI is InChI=1S/C24H29N3O3/c28-23(26-14-6-8-18-7-4-5-11-21(18)26)16-30-24(29)22-15-20(17-12-13-17)25-27(22)19-9-2-1-3-10-19/h1-3,9-10,15,17-18,21H,4-8,11-14,16H2/t18-,21+/m1/s1. The molecule has 0 bridgehead atoms. The molecule has 1 aromatic heterocycles. The molecule has 0 spiro atoms. The van der Waals surface area contributed by atoms with E-state index < -0.39 is 5.97 Å². The summed E-state index contributed by atoms with van der Waals surface area (Å²) in [6, 6.07) is 11.8. The Morgan fingerprint density at radius 3 is 2.57 bits per heavy atom. The van der Waals surface area contributed by atoms with Crippen LogP contribution in [0.4, 0.5) is 0 Å². The fraction of sp³-hybridized carbons (Fsp3) is 0.542. The van der Waals surface area contributed by atoms with Crippen LogP contribution in [0.5, 0.6) is 0 Å². The molecule has 1 aliphatic heterocycles. The Balaban J connectivity index is 1.29. The number of esters is 1. The molecule has 2 saturated carbocycles. The van der Waals surface area contributed by atoms with Gasteiger partial charge in [0, 0.05) is 18.5 Å². The average Bonchev–Trinajstić information content (AvgIpc) is 3.55. The lowest BCUT2D eigenvalue weighted by Crippen LogP contribution is -2.50. The first kappa shape index (κ1) is 19.3. The van der Waals surface area contributed by atoms with E-state index >= 15 is 0 Å². The second kappa shape index (κ2) is 8.25. The molecule has 1 amide bonds. The van der Waals surface area contributed by atoms with Crippen molar-refractivity contribution in [2.24, 2.45) is 5.92 Å². The zero-order valence-corrected chi connectivity index (χ0v) is 17.3. The minimum absolute atomic E-state index is 0.0619. The molecule has 1 saturated heterocycles. The summed E-state index contributed by atoms with van der Waals surface area (Å²) in [5.41, 5.74) is 2.15. The second-order valence-corrected chi connectivity index (χ2v) is 8.89. The molecule has 2 heterocycles. The number of fused-ring (bicyclic) bond motifs is 1. The highest BCUT2D eigenvalue weighted by atomic mass is 16.5. The highest BCUT2D eigenvalue weighted by molar-refractivity contribution is 5.90. The van der Waals surface area contributed by atoms with E-state index in [4.69, 9.17) is 4.74 Å². The lowest BCUT2D eigenvalue weighted by molar-refractivity contribution is -0.140. The number of likely N-dealkylation sites (tertiary alicyclic amines) is 1. The van der Waals surface area contributed by atoms with Crippen molar-refractivity contribution in [1.82, 2.24) is 14.7 Å². The average molecular weight is 408 g/mol. The minimum Gasteiger partial charge on any atom is -0.451 e.